The van der Waals surface area contributed by atoms with Crippen LogP contribution in [0.1, 0.15) is 44.6 Å². The molecule has 1 atom stereocenters. The lowest BCUT2D eigenvalue weighted by molar-refractivity contribution is -0.116. The van der Waals surface area contributed by atoms with E-state index in [4.69, 9.17) is 4.52 Å². The maximum absolute atomic E-state index is 11.8. The van der Waals surface area contributed by atoms with Crippen molar-refractivity contribution in [1.29, 1.82) is 0 Å². The Bertz CT molecular complexity index is 520. The predicted octanol–water partition coefficient (Wildman–Crippen LogP) is 4.14. The van der Waals surface area contributed by atoms with Gasteiger partial charge in [0.25, 0.3) is 0 Å². The van der Waals surface area contributed by atoms with Gasteiger partial charge in [0.1, 0.15) is 5.76 Å². The normalized spacial score (nSPS) is 11.2. The minimum atomic E-state index is -0.0191. The first kappa shape index (κ1) is 16.0. The van der Waals surface area contributed by atoms with Crippen molar-refractivity contribution in [3.63, 3.8) is 0 Å². The van der Waals surface area contributed by atoms with E-state index in [-0.39, 0.29) is 11.8 Å². The molecule has 0 radical (unpaired) electrons. The van der Waals surface area contributed by atoms with Gasteiger partial charge >= 0.3 is 0 Å². The number of amides is 1. The van der Waals surface area contributed by atoms with Crippen molar-refractivity contribution in [3.8, 4) is 0 Å². The fourth-order valence-corrected chi connectivity index (χ4v) is 1.73. The van der Waals surface area contributed by atoms with Crippen molar-refractivity contribution in [1.82, 2.24) is 5.16 Å². The molecule has 1 aromatic carbocycles. The molecule has 1 unspecified atom stereocenters. The molecule has 1 amide bonds. The molecule has 20 heavy (non-hydrogen) atoms. The molecule has 1 N–H and O–H groups in total. The molecule has 0 saturated carbocycles. The summed E-state index contributed by atoms with van der Waals surface area (Å²) in [5.41, 5.74) is 1.63. The number of para-hydroxylation sites is 1. The summed E-state index contributed by atoms with van der Waals surface area (Å²) in [4.78, 5) is 11.8. The predicted molar refractivity (Wildman–Crippen MR) is 80.7 cm³/mol. The Morgan fingerprint density at radius 3 is 2.50 bits per heavy atom. The number of nitrogens with one attached hydrogen (secondary N) is 1. The lowest BCUT2D eigenvalue weighted by atomic mass is 10.0. The van der Waals surface area contributed by atoms with Gasteiger partial charge in [0.2, 0.25) is 5.91 Å². The summed E-state index contributed by atoms with van der Waals surface area (Å²) >= 11 is 0. The maximum atomic E-state index is 11.8. The van der Waals surface area contributed by atoms with E-state index in [2.05, 4.69) is 10.5 Å². The first-order valence-electron chi connectivity index (χ1n) is 6.93. The fourth-order valence-electron chi connectivity index (χ4n) is 1.73. The average Bonchev–Trinajstić information content (AvgIpc) is 2.89. The molecule has 0 fully saturated rings. The van der Waals surface area contributed by atoms with Crippen LogP contribution in [0.3, 0.4) is 0 Å². The smallest absolute Gasteiger partial charge is 0.225 e. The van der Waals surface area contributed by atoms with E-state index in [1.165, 1.54) is 0 Å². The highest BCUT2D eigenvalue weighted by molar-refractivity contribution is 5.91. The summed E-state index contributed by atoms with van der Waals surface area (Å²) in [6.45, 7) is 7.80. The quantitative estimate of drug-likeness (QED) is 0.911. The SMILES string of the molecule is CC.Cc1cc(C(C)CC(=O)Nc2ccccc2)no1. The van der Waals surface area contributed by atoms with Crippen LogP contribution in [0, 0.1) is 6.92 Å². The molecule has 108 valence electrons. The van der Waals surface area contributed by atoms with Crippen molar-refractivity contribution >= 4 is 11.6 Å². The summed E-state index contributed by atoms with van der Waals surface area (Å²) in [7, 11) is 0. The van der Waals surface area contributed by atoms with E-state index in [1.807, 2.05) is 64.1 Å². The van der Waals surface area contributed by atoms with Gasteiger partial charge < -0.3 is 9.84 Å². The Labute approximate surface area is 120 Å². The second-order valence-corrected chi connectivity index (χ2v) is 4.38. The molecular weight excluding hydrogens is 252 g/mol. The van der Waals surface area contributed by atoms with Gasteiger partial charge in [0.05, 0.1) is 5.69 Å². The van der Waals surface area contributed by atoms with Crippen LogP contribution in [0.25, 0.3) is 0 Å². The van der Waals surface area contributed by atoms with Gasteiger partial charge in [-0.15, -0.1) is 0 Å². The first-order chi connectivity index (χ1) is 9.65. The van der Waals surface area contributed by atoms with Crippen LogP contribution in [0.15, 0.2) is 40.9 Å². The maximum Gasteiger partial charge on any atom is 0.225 e. The third-order valence-electron chi connectivity index (χ3n) is 2.70. The Morgan fingerprint density at radius 2 is 1.95 bits per heavy atom. The molecule has 1 heterocycles. The lowest BCUT2D eigenvalue weighted by Crippen LogP contribution is -2.14. The molecule has 2 rings (SSSR count). The molecule has 0 bridgehead atoms. The van der Waals surface area contributed by atoms with E-state index < -0.39 is 0 Å². The van der Waals surface area contributed by atoms with Gasteiger partial charge in [-0.05, 0) is 19.1 Å². The number of anilines is 1. The molecule has 0 aliphatic rings. The fraction of sp³-hybridized carbons (Fsp3) is 0.375. The molecule has 0 aliphatic carbocycles. The first-order valence-corrected chi connectivity index (χ1v) is 6.93. The van der Waals surface area contributed by atoms with Crippen molar-refractivity contribution in [2.24, 2.45) is 0 Å². The second kappa shape index (κ2) is 8.15. The number of hydrogen-bond acceptors (Lipinski definition) is 3. The molecule has 0 aliphatic heterocycles. The van der Waals surface area contributed by atoms with Gasteiger partial charge in [-0.25, -0.2) is 0 Å². The van der Waals surface area contributed by atoms with E-state index in [1.54, 1.807) is 0 Å². The van der Waals surface area contributed by atoms with Crippen molar-refractivity contribution in [2.45, 2.75) is 40.0 Å². The van der Waals surface area contributed by atoms with E-state index in [0.29, 0.717) is 6.42 Å². The Kier molecular flexibility index (Phi) is 6.50. The Hall–Kier alpha value is -2.10. The Morgan fingerprint density at radius 1 is 1.30 bits per heavy atom. The van der Waals surface area contributed by atoms with E-state index in [9.17, 15) is 4.79 Å². The number of carbonyl (C=O) groups is 1. The van der Waals surface area contributed by atoms with Crippen LogP contribution < -0.4 is 5.32 Å². The molecular formula is C16H22N2O2. The number of benzene rings is 1. The topological polar surface area (TPSA) is 55.1 Å². The molecule has 1 aromatic heterocycles. The molecule has 0 spiro atoms. The zero-order valence-corrected chi connectivity index (χ0v) is 12.5. The number of aromatic nitrogens is 1. The van der Waals surface area contributed by atoms with E-state index in [0.717, 1.165) is 17.1 Å². The van der Waals surface area contributed by atoms with Crippen LogP contribution >= 0.6 is 0 Å². The third-order valence-corrected chi connectivity index (χ3v) is 2.70. The lowest BCUT2D eigenvalue weighted by Gasteiger charge is -2.08. The number of nitrogens with zero attached hydrogens (tertiary/aromatic N) is 1. The highest BCUT2D eigenvalue weighted by atomic mass is 16.5. The van der Waals surface area contributed by atoms with Crippen LogP contribution in [0.5, 0.6) is 0 Å². The van der Waals surface area contributed by atoms with Crippen molar-refractivity contribution < 1.29 is 9.32 Å². The number of hydrogen-bond donors (Lipinski definition) is 1. The summed E-state index contributed by atoms with van der Waals surface area (Å²) in [5, 5.41) is 6.77. The average molecular weight is 274 g/mol. The summed E-state index contributed by atoms with van der Waals surface area (Å²) < 4.78 is 5.00. The van der Waals surface area contributed by atoms with Crippen LogP contribution in [0.2, 0.25) is 0 Å². The van der Waals surface area contributed by atoms with Crippen LogP contribution in [-0.4, -0.2) is 11.1 Å². The standard InChI is InChI=1S/C14H16N2O2.C2H6/c1-10(13-9-11(2)18-16-13)8-14(17)15-12-6-4-3-5-7-12;1-2/h3-7,9-10H,8H2,1-2H3,(H,15,17);1-2H3. The Balaban J connectivity index is 0.000000956. The molecule has 2 aromatic rings. The van der Waals surface area contributed by atoms with Gasteiger partial charge in [-0.2, -0.15) is 0 Å². The van der Waals surface area contributed by atoms with E-state index >= 15 is 0 Å². The zero-order valence-electron chi connectivity index (χ0n) is 12.5. The van der Waals surface area contributed by atoms with Gasteiger partial charge in [0.15, 0.2) is 0 Å². The van der Waals surface area contributed by atoms with Gasteiger partial charge in [-0.1, -0.05) is 44.1 Å². The third kappa shape index (κ3) is 4.88. The highest BCUT2D eigenvalue weighted by Gasteiger charge is 2.14. The van der Waals surface area contributed by atoms with Gasteiger partial charge in [0, 0.05) is 24.1 Å². The van der Waals surface area contributed by atoms with Crippen molar-refractivity contribution in [3.05, 3.63) is 47.9 Å². The van der Waals surface area contributed by atoms with Crippen LogP contribution in [-0.2, 0) is 4.79 Å². The minimum Gasteiger partial charge on any atom is -0.361 e. The second-order valence-electron chi connectivity index (χ2n) is 4.38. The zero-order chi connectivity index (χ0) is 15.0. The number of aryl methyl sites for hydroxylation is 1. The summed E-state index contributed by atoms with van der Waals surface area (Å²) in [6.07, 6.45) is 0.390. The summed E-state index contributed by atoms with van der Waals surface area (Å²) in [5.74, 6) is 0.792. The number of rotatable bonds is 4. The number of carbonyl (C=O) groups excluding carboxylic acids is 1. The summed E-state index contributed by atoms with van der Waals surface area (Å²) in [6, 6.07) is 11.3. The van der Waals surface area contributed by atoms with Crippen molar-refractivity contribution in [2.75, 3.05) is 5.32 Å². The monoisotopic (exact) mass is 274 g/mol. The highest BCUT2D eigenvalue weighted by Crippen LogP contribution is 2.19. The minimum absolute atomic E-state index is 0.0191. The van der Waals surface area contributed by atoms with Gasteiger partial charge in [-0.3, -0.25) is 4.79 Å². The molecule has 0 saturated heterocycles. The molecule has 4 nitrogen and oxygen atoms in total. The molecule has 4 heteroatoms. The van der Waals surface area contributed by atoms with Crippen LogP contribution in [0.4, 0.5) is 5.69 Å². The largest absolute Gasteiger partial charge is 0.361 e.